The van der Waals surface area contributed by atoms with Crippen molar-refractivity contribution in [2.45, 2.75) is 69.9 Å². The summed E-state index contributed by atoms with van der Waals surface area (Å²) in [6.45, 7) is 0.604. The zero-order valence-corrected chi connectivity index (χ0v) is 21.6. The number of carbonyl (C=O) groups excluding carboxylic acids is 1. The molecule has 0 bridgehead atoms. The van der Waals surface area contributed by atoms with Crippen molar-refractivity contribution in [2.75, 3.05) is 6.54 Å². The topological polar surface area (TPSA) is 213 Å². The number of carboxylic acid groups (broad SMARTS) is 2. The van der Waals surface area contributed by atoms with E-state index in [1.54, 1.807) is 12.1 Å². The summed E-state index contributed by atoms with van der Waals surface area (Å²) < 4.78 is 0. The molecule has 11 nitrogen and oxygen atoms in total. The van der Waals surface area contributed by atoms with E-state index in [0.717, 1.165) is 18.4 Å². The molecule has 8 N–H and O–H groups in total. The fraction of sp³-hybridized carbons (Fsp3) is 0.444. The molecule has 0 radical (unpaired) electrons. The Labute approximate surface area is 223 Å². The zero-order valence-electron chi connectivity index (χ0n) is 21.6. The van der Waals surface area contributed by atoms with E-state index in [4.69, 9.17) is 27.4 Å². The molecule has 210 valence electrons. The molecule has 1 aliphatic carbocycles. The summed E-state index contributed by atoms with van der Waals surface area (Å²) in [5.41, 5.74) is 17.3. The van der Waals surface area contributed by atoms with E-state index < -0.39 is 22.9 Å². The number of benzene rings is 2. The number of hydrogen-bond donors (Lipinski definition) is 5. The van der Waals surface area contributed by atoms with Crippen LogP contribution < -0.4 is 17.2 Å². The molecule has 1 aliphatic rings. The lowest BCUT2D eigenvalue weighted by molar-refractivity contribution is -0.384. The average Bonchev–Trinajstić information content (AvgIpc) is 2.90. The van der Waals surface area contributed by atoms with Crippen LogP contribution in [-0.4, -0.2) is 52.0 Å². The monoisotopic (exact) mass is 532 g/mol. The van der Waals surface area contributed by atoms with E-state index in [9.17, 15) is 24.5 Å². The number of unbranched alkanes of at least 4 members (excludes halogenated alkanes) is 1. The van der Waals surface area contributed by atoms with Gasteiger partial charge in [-0.1, -0.05) is 56.0 Å². The van der Waals surface area contributed by atoms with Gasteiger partial charge in [0, 0.05) is 23.7 Å². The Hall–Kier alpha value is -3.67. The second-order valence-electron chi connectivity index (χ2n) is 8.65. The minimum absolute atomic E-state index is 0.00407. The van der Waals surface area contributed by atoms with Crippen LogP contribution in [-0.2, 0) is 16.0 Å². The van der Waals surface area contributed by atoms with Crippen molar-refractivity contribution in [1.29, 1.82) is 0 Å². The molecular formula is C27H40N4O7. The third-order valence-electron chi connectivity index (χ3n) is 5.37. The number of nitro groups is 1. The lowest BCUT2D eigenvalue weighted by Crippen LogP contribution is -2.29. The number of carbonyl (C=O) groups is 3. The molecule has 1 fully saturated rings. The third kappa shape index (κ3) is 18.6. The van der Waals surface area contributed by atoms with Gasteiger partial charge in [0.1, 0.15) is 12.3 Å². The standard InChI is InChI=1S/C8H8O2.C7H5NO3.C6H14N2O2.C6H13N/c9-8(10)6-7-4-2-1-3-5-7;9-5-6-1-3-7(4-2-6)8(10)11;7-4-2-1-3-5(8)6(9)10;7-6-4-2-1-3-5-6/h1-5H,6H2,(H,9,10);1-5H;5H,1-4,7-8H2,(H,9,10);6H,1-5,7H2. The van der Waals surface area contributed by atoms with Crippen LogP contribution in [0.2, 0.25) is 0 Å². The molecule has 0 aromatic heterocycles. The molecule has 38 heavy (non-hydrogen) atoms. The Kier molecular flexibility index (Phi) is 19.3. The first-order valence-corrected chi connectivity index (χ1v) is 12.5. The number of hydrogen-bond acceptors (Lipinski definition) is 8. The lowest BCUT2D eigenvalue weighted by atomic mass is 9.97. The number of non-ortho nitro benzene ring substituents is 1. The molecule has 0 heterocycles. The molecule has 0 spiro atoms. The number of nitro benzene ring substituents is 1. The Morgan fingerprint density at radius 3 is 1.97 bits per heavy atom. The molecule has 11 heteroatoms. The van der Waals surface area contributed by atoms with Gasteiger partial charge >= 0.3 is 11.9 Å². The van der Waals surface area contributed by atoms with E-state index in [0.29, 0.717) is 30.9 Å². The fourth-order valence-electron chi connectivity index (χ4n) is 3.21. The van der Waals surface area contributed by atoms with Crippen LogP contribution >= 0.6 is 0 Å². The molecule has 2 aromatic rings. The highest BCUT2D eigenvalue weighted by Gasteiger charge is 2.09. The van der Waals surface area contributed by atoms with Crippen LogP contribution in [0.15, 0.2) is 54.6 Å². The highest BCUT2D eigenvalue weighted by molar-refractivity contribution is 5.75. The lowest BCUT2D eigenvalue weighted by Gasteiger charge is -2.15. The zero-order chi connectivity index (χ0) is 28.8. The van der Waals surface area contributed by atoms with Crippen molar-refractivity contribution in [3.05, 3.63) is 75.8 Å². The molecule has 1 atom stereocenters. The van der Waals surface area contributed by atoms with Gasteiger partial charge in [0.05, 0.1) is 11.3 Å². The van der Waals surface area contributed by atoms with Gasteiger partial charge in [-0.3, -0.25) is 24.5 Å². The molecule has 0 saturated heterocycles. The van der Waals surface area contributed by atoms with Gasteiger partial charge in [0.25, 0.3) is 5.69 Å². The first-order chi connectivity index (χ1) is 18.1. The molecule has 0 aliphatic heterocycles. The minimum Gasteiger partial charge on any atom is -0.481 e. The number of carboxylic acids is 2. The molecule has 3 rings (SSSR count). The second-order valence-corrected chi connectivity index (χ2v) is 8.65. The van der Waals surface area contributed by atoms with Crippen molar-refractivity contribution in [2.24, 2.45) is 17.2 Å². The summed E-state index contributed by atoms with van der Waals surface area (Å²) in [6.07, 6.45) is 9.58. The normalized spacial score (nSPS) is 13.1. The van der Waals surface area contributed by atoms with Crippen LogP contribution in [0.5, 0.6) is 0 Å². The van der Waals surface area contributed by atoms with Gasteiger partial charge in [-0.2, -0.15) is 0 Å². The largest absolute Gasteiger partial charge is 0.481 e. The third-order valence-corrected chi connectivity index (χ3v) is 5.37. The maximum atomic E-state index is 10.2. The molecular weight excluding hydrogens is 492 g/mol. The first kappa shape index (κ1) is 34.3. The minimum atomic E-state index is -0.933. The maximum absolute atomic E-state index is 10.2. The SMILES string of the molecule is NC1CCCCC1.NCCCCC(N)C(=O)O.O=C(O)Cc1ccccc1.O=Cc1ccc([N+](=O)[O-])cc1. The summed E-state index contributed by atoms with van der Waals surface area (Å²) in [7, 11) is 0. The van der Waals surface area contributed by atoms with Crippen LogP contribution in [0.4, 0.5) is 5.69 Å². The van der Waals surface area contributed by atoms with Gasteiger partial charge in [-0.15, -0.1) is 0 Å². The van der Waals surface area contributed by atoms with E-state index in [1.807, 2.05) is 18.2 Å². The van der Waals surface area contributed by atoms with E-state index in [-0.39, 0.29) is 12.1 Å². The quantitative estimate of drug-likeness (QED) is 0.137. The van der Waals surface area contributed by atoms with Gasteiger partial charge in [0.2, 0.25) is 0 Å². The smallest absolute Gasteiger partial charge is 0.320 e. The van der Waals surface area contributed by atoms with Crippen LogP contribution in [0, 0.1) is 10.1 Å². The Bertz CT molecular complexity index is 934. The predicted octanol–water partition coefficient (Wildman–Crippen LogP) is 3.53. The molecule has 0 amide bonds. The Balaban J connectivity index is 0.000000485. The van der Waals surface area contributed by atoms with E-state index in [2.05, 4.69) is 0 Å². The molecule has 2 aromatic carbocycles. The summed E-state index contributed by atoms with van der Waals surface area (Å²) in [6, 6.07) is 14.4. The molecule has 1 saturated carbocycles. The van der Waals surface area contributed by atoms with Gasteiger partial charge in [0.15, 0.2) is 0 Å². The number of aliphatic carboxylic acids is 2. The number of rotatable bonds is 9. The summed E-state index contributed by atoms with van der Waals surface area (Å²) >= 11 is 0. The van der Waals surface area contributed by atoms with E-state index >= 15 is 0 Å². The number of aldehydes is 1. The van der Waals surface area contributed by atoms with Crippen LogP contribution in [0.1, 0.15) is 67.3 Å². The van der Waals surface area contributed by atoms with Crippen molar-refractivity contribution < 1.29 is 29.5 Å². The predicted molar refractivity (Wildman–Crippen MR) is 146 cm³/mol. The van der Waals surface area contributed by atoms with Gasteiger partial charge in [-0.25, -0.2) is 0 Å². The average molecular weight is 533 g/mol. The summed E-state index contributed by atoms with van der Waals surface area (Å²) in [4.78, 5) is 40.0. The highest BCUT2D eigenvalue weighted by Crippen LogP contribution is 2.14. The van der Waals surface area contributed by atoms with Crippen LogP contribution in [0.25, 0.3) is 0 Å². The fourth-order valence-corrected chi connectivity index (χ4v) is 3.21. The van der Waals surface area contributed by atoms with Crippen molar-refractivity contribution in [3.8, 4) is 0 Å². The van der Waals surface area contributed by atoms with Gasteiger partial charge < -0.3 is 27.4 Å². The summed E-state index contributed by atoms with van der Waals surface area (Å²) in [5, 5.41) is 26.8. The highest BCUT2D eigenvalue weighted by atomic mass is 16.6. The van der Waals surface area contributed by atoms with E-state index in [1.165, 1.54) is 56.4 Å². The van der Waals surface area contributed by atoms with Crippen molar-refractivity contribution in [3.63, 3.8) is 0 Å². The van der Waals surface area contributed by atoms with Crippen molar-refractivity contribution in [1.82, 2.24) is 0 Å². The van der Waals surface area contributed by atoms with Gasteiger partial charge in [-0.05, 0) is 49.9 Å². The molecule has 1 unspecified atom stereocenters. The summed E-state index contributed by atoms with van der Waals surface area (Å²) in [5.74, 6) is -1.72. The second kappa shape index (κ2) is 21.4. The maximum Gasteiger partial charge on any atom is 0.320 e. The first-order valence-electron chi connectivity index (χ1n) is 12.5. The number of nitrogens with zero attached hydrogens (tertiary/aromatic N) is 1. The Morgan fingerprint density at radius 2 is 1.58 bits per heavy atom. The van der Waals surface area contributed by atoms with Crippen LogP contribution in [0.3, 0.4) is 0 Å². The Morgan fingerprint density at radius 1 is 1.00 bits per heavy atom. The van der Waals surface area contributed by atoms with Crippen molar-refractivity contribution >= 4 is 23.9 Å². The number of nitrogens with two attached hydrogens (primary N) is 3.